The van der Waals surface area contributed by atoms with E-state index in [2.05, 4.69) is 60.6 Å². The van der Waals surface area contributed by atoms with Gasteiger partial charge in [-0.3, -0.25) is 24.5 Å². The molecule has 0 aliphatic carbocycles. The van der Waals surface area contributed by atoms with Crippen LogP contribution in [0.3, 0.4) is 0 Å². The number of benzene rings is 1. The van der Waals surface area contributed by atoms with Crippen LogP contribution in [-0.2, 0) is 22.6 Å². The number of anilines is 2. The second-order valence-corrected chi connectivity index (χ2v) is 11.3. The Morgan fingerprint density at radius 1 is 0.902 bits per heavy atom. The number of carbonyl (C=O) groups is 1. The van der Waals surface area contributed by atoms with Crippen LogP contribution < -0.4 is 10.6 Å². The van der Waals surface area contributed by atoms with E-state index >= 15 is 0 Å². The number of hydrogen-bond acceptors (Lipinski definition) is 9. The lowest BCUT2D eigenvalue weighted by molar-refractivity contribution is -0.122. The quantitative estimate of drug-likeness (QED) is 0.494. The summed E-state index contributed by atoms with van der Waals surface area (Å²) >= 11 is 0. The van der Waals surface area contributed by atoms with Crippen molar-refractivity contribution in [2.24, 2.45) is 5.92 Å². The zero-order valence-corrected chi connectivity index (χ0v) is 23.7. The van der Waals surface area contributed by atoms with Crippen LogP contribution in [-0.4, -0.2) is 101 Å². The van der Waals surface area contributed by atoms with Gasteiger partial charge >= 0.3 is 0 Å². The molecule has 8 bridgehead atoms. The maximum Gasteiger partial charge on any atom is 0.234 e. The van der Waals surface area contributed by atoms with Crippen LogP contribution in [0.5, 0.6) is 0 Å². The standard InChI is InChI=1S/C31H40N8O2/c40-30-23-38-14-12-37(13-15-38)21-25-2-1-3-27(18-25)35-31-33-9-6-29(36-31)26-4-5-28(34-19-26)22-39(11-10-32-30)20-24-7-16-41-17-8-24/h1-6,9,18-19,24H,7-8,10-17,20-23H2,(H,32,40)(H,33,35,36). The van der Waals surface area contributed by atoms with E-state index in [-0.39, 0.29) is 5.91 Å². The summed E-state index contributed by atoms with van der Waals surface area (Å²) in [6, 6.07) is 14.5. The summed E-state index contributed by atoms with van der Waals surface area (Å²) in [6.07, 6.45) is 5.84. The van der Waals surface area contributed by atoms with Crippen LogP contribution >= 0.6 is 0 Å². The fourth-order valence-corrected chi connectivity index (χ4v) is 5.86. The lowest BCUT2D eigenvalue weighted by atomic mass is 9.99. The van der Waals surface area contributed by atoms with E-state index in [9.17, 15) is 4.79 Å². The highest BCUT2D eigenvalue weighted by Crippen LogP contribution is 2.22. The van der Waals surface area contributed by atoms with Crippen molar-refractivity contribution in [2.75, 3.05) is 70.9 Å². The van der Waals surface area contributed by atoms with Gasteiger partial charge in [0, 0.05) is 95.8 Å². The molecule has 0 radical (unpaired) electrons. The van der Waals surface area contributed by atoms with Crippen molar-refractivity contribution in [1.29, 1.82) is 0 Å². The third kappa shape index (κ3) is 7.85. The van der Waals surface area contributed by atoms with E-state index in [0.717, 1.165) is 101 Å². The summed E-state index contributed by atoms with van der Waals surface area (Å²) in [5, 5.41) is 6.56. The third-order valence-electron chi connectivity index (χ3n) is 8.19. The van der Waals surface area contributed by atoms with E-state index < -0.39 is 0 Å². The van der Waals surface area contributed by atoms with Gasteiger partial charge in [-0.05, 0) is 54.7 Å². The van der Waals surface area contributed by atoms with Crippen molar-refractivity contribution in [3.63, 3.8) is 0 Å². The summed E-state index contributed by atoms with van der Waals surface area (Å²) < 4.78 is 5.58. The average molecular weight is 557 g/mol. The van der Waals surface area contributed by atoms with Gasteiger partial charge in [-0.1, -0.05) is 12.1 Å². The van der Waals surface area contributed by atoms with Crippen molar-refractivity contribution in [3.05, 3.63) is 66.1 Å². The third-order valence-corrected chi connectivity index (χ3v) is 8.19. The molecule has 6 aliphatic heterocycles. The molecular weight excluding hydrogens is 516 g/mol. The SMILES string of the molecule is O=C1CN2CCN(CC2)Cc2cccc(c2)Nc2nccc(n2)-c2ccc(nc2)CN(CC2CCOCC2)CCN1. The minimum absolute atomic E-state index is 0.104. The Hall–Kier alpha value is -3.44. The Bertz CT molecular complexity index is 1290. The number of nitrogens with zero attached hydrogens (tertiary/aromatic N) is 6. The summed E-state index contributed by atoms with van der Waals surface area (Å²) in [4.78, 5) is 34.0. The van der Waals surface area contributed by atoms with Crippen LogP contribution in [0, 0.1) is 5.92 Å². The molecule has 9 rings (SSSR count). The molecule has 216 valence electrons. The van der Waals surface area contributed by atoms with E-state index in [1.165, 1.54) is 5.56 Å². The van der Waals surface area contributed by atoms with Gasteiger partial charge < -0.3 is 15.4 Å². The molecule has 0 saturated carbocycles. The molecule has 0 spiro atoms. The van der Waals surface area contributed by atoms with Crippen LogP contribution in [0.2, 0.25) is 0 Å². The lowest BCUT2D eigenvalue weighted by Gasteiger charge is -2.34. The molecule has 3 aromatic rings. The van der Waals surface area contributed by atoms with Crippen LogP contribution in [0.1, 0.15) is 24.1 Å². The van der Waals surface area contributed by atoms with Gasteiger partial charge in [-0.15, -0.1) is 0 Å². The van der Waals surface area contributed by atoms with Gasteiger partial charge in [0.25, 0.3) is 0 Å². The maximum absolute atomic E-state index is 12.8. The summed E-state index contributed by atoms with van der Waals surface area (Å²) in [5.74, 6) is 1.27. The number of carbonyl (C=O) groups excluding carboxylic acids is 1. The molecular formula is C31H40N8O2. The molecule has 1 amide bonds. The van der Waals surface area contributed by atoms with Gasteiger partial charge in [0.05, 0.1) is 17.9 Å². The number of rotatable bonds is 2. The van der Waals surface area contributed by atoms with Crippen molar-refractivity contribution >= 4 is 17.5 Å². The molecule has 6 aliphatic rings. The molecule has 41 heavy (non-hydrogen) atoms. The Labute approximate surface area is 242 Å². The van der Waals surface area contributed by atoms with E-state index in [0.29, 0.717) is 25.0 Å². The Morgan fingerprint density at radius 2 is 1.73 bits per heavy atom. The molecule has 1 aromatic carbocycles. The summed E-state index contributed by atoms with van der Waals surface area (Å²) in [7, 11) is 0. The number of piperazine rings is 1. The van der Waals surface area contributed by atoms with Crippen LogP contribution in [0.4, 0.5) is 11.6 Å². The van der Waals surface area contributed by atoms with Gasteiger partial charge in [-0.25, -0.2) is 9.97 Å². The maximum atomic E-state index is 12.8. The van der Waals surface area contributed by atoms with E-state index in [1.54, 1.807) is 6.20 Å². The number of nitrogens with one attached hydrogen (secondary N) is 2. The molecule has 10 nitrogen and oxygen atoms in total. The monoisotopic (exact) mass is 556 g/mol. The minimum Gasteiger partial charge on any atom is -0.381 e. The molecule has 0 atom stereocenters. The molecule has 2 fully saturated rings. The van der Waals surface area contributed by atoms with Crippen molar-refractivity contribution < 1.29 is 9.53 Å². The van der Waals surface area contributed by atoms with E-state index in [4.69, 9.17) is 14.7 Å². The second-order valence-electron chi connectivity index (χ2n) is 11.3. The predicted octanol–water partition coefficient (Wildman–Crippen LogP) is 2.76. The first kappa shape index (κ1) is 27.7. The molecule has 2 N–H and O–H groups in total. The first-order valence-electron chi connectivity index (χ1n) is 14.8. The largest absolute Gasteiger partial charge is 0.381 e. The fourth-order valence-electron chi connectivity index (χ4n) is 5.86. The summed E-state index contributed by atoms with van der Waals surface area (Å²) in [5.41, 5.74) is 4.99. The normalized spacial score (nSPS) is 23.1. The molecule has 2 saturated heterocycles. The van der Waals surface area contributed by atoms with E-state index in [1.807, 2.05) is 18.3 Å². The van der Waals surface area contributed by atoms with Gasteiger partial charge in [0.15, 0.2) is 0 Å². The Morgan fingerprint density at radius 3 is 2.54 bits per heavy atom. The fraction of sp³-hybridized carbons (Fsp3) is 0.484. The van der Waals surface area contributed by atoms with Crippen molar-refractivity contribution in [1.82, 2.24) is 35.0 Å². The van der Waals surface area contributed by atoms with Gasteiger partial charge in [0.1, 0.15) is 0 Å². The number of hydrogen-bond donors (Lipinski definition) is 2. The first-order chi connectivity index (χ1) is 20.2. The molecule has 0 unspecified atom stereocenters. The predicted molar refractivity (Wildman–Crippen MR) is 159 cm³/mol. The van der Waals surface area contributed by atoms with Crippen LogP contribution in [0.15, 0.2) is 54.9 Å². The van der Waals surface area contributed by atoms with Gasteiger partial charge in [0.2, 0.25) is 11.9 Å². The number of pyridine rings is 1. The van der Waals surface area contributed by atoms with Gasteiger partial charge in [-0.2, -0.15) is 0 Å². The minimum atomic E-state index is 0.104. The highest BCUT2D eigenvalue weighted by Gasteiger charge is 2.21. The Balaban J connectivity index is 1.22. The zero-order chi connectivity index (χ0) is 27.9. The molecule has 2 aromatic heterocycles. The number of ether oxygens (including phenoxy) is 1. The van der Waals surface area contributed by atoms with Crippen molar-refractivity contribution in [3.8, 4) is 11.3 Å². The summed E-state index contributed by atoms with van der Waals surface area (Å²) in [6.45, 7) is 9.80. The zero-order valence-electron chi connectivity index (χ0n) is 23.7. The topological polar surface area (TPSA) is 98.8 Å². The average Bonchev–Trinajstić information content (AvgIpc) is 2.99. The van der Waals surface area contributed by atoms with Crippen LogP contribution in [0.25, 0.3) is 11.3 Å². The Kier molecular flexibility index (Phi) is 9.11. The number of amides is 1. The highest BCUT2D eigenvalue weighted by molar-refractivity contribution is 5.78. The molecule has 10 heteroatoms. The number of aromatic nitrogens is 3. The second kappa shape index (κ2) is 13.5. The van der Waals surface area contributed by atoms with Crippen molar-refractivity contribution in [2.45, 2.75) is 25.9 Å². The smallest absolute Gasteiger partial charge is 0.234 e. The molecule has 8 heterocycles. The highest BCUT2D eigenvalue weighted by atomic mass is 16.5. The lowest BCUT2D eigenvalue weighted by Crippen LogP contribution is -2.49. The first-order valence-corrected chi connectivity index (χ1v) is 14.8.